The van der Waals surface area contributed by atoms with Crippen molar-refractivity contribution in [3.8, 4) is 0 Å². The Kier molecular flexibility index (Phi) is 3.92. The smallest absolute Gasteiger partial charge is 0.248 e. The second kappa shape index (κ2) is 5.68. The van der Waals surface area contributed by atoms with Crippen LogP contribution in [-0.2, 0) is 6.54 Å². The summed E-state index contributed by atoms with van der Waals surface area (Å²) in [5.74, 6) is -2.34. The standard InChI is InChI=1S/C16H22F2N2/c17-16(18)7-3-4-13(10-16)12-20-9-8-19-11-14-5-1-2-6-15(14)20/h1-2,5-6,13,19H,3-4,7-12H2. The number of benzene rings is 1. The number of nitrogens with zero attached hydrogens (tertiary/aromatic N) is 1. The van der Waals surface area contributed by atoms with E-state index in [2.05, 4.69) is 22.3 Å². The highest BCUT2D eigenvalue weighted by Crippen LogP contribution is 2.37. The molecular weight excluding hydrogens is 258 g/mol. The van der Waals surface area contributed by atoms with E-state index in [9.17, 15) is 8.78 Å². The fraction of sp³-hybridized carbons (Fsp3) is 0.625. The average molecular weight is 280 g/mol. The minimum atomic E-state index is -2.45. The van der Waals surface area contributed by atoms with E-state index in [1.54, 1.807) is 0 Å². The number of rotatable bonds is 2. The van der Waals surface area contributed by atoms with Gasteiger partial charge in [-0.2, -0.15) is 0 Å². The van der Waals surface area contributed by atoms with Crippen LogP contribution in [0.3, 0.4) is 0 Å². The first-order chi connectivity index (χ1) is 9.64. The van der Waals surface area contributed by atoms with Crippen LogP contribution in [0.1, 0.15) is 31.2 Å². The molecule has 0 saturated heterocycles. The summed E-state index contributed by atoms with van der Waals surface area (Å²) in [6.45, 7) is 3.44. The molecule has 1 N–H and O–H groups in total. The molecule has 0 aromatic heterocycles. The van der Waals surface area contributed by atoms with Gasteiger partial charge in [-0.25, -0.2) is 8.78 Å². The van der Waals surface area contributed by atoms with Gasteiger partial charge in [0.1, 0.15) is 0 Å². The number of alkyl halides is 2. The molecule has 0 bridgehead atoms. The Labute approximate surface area is 119 Å². The molecule has 1 aliphatic heterocycles. The molecule has 1 aromatic rings. The summed E-state index contributed by atoms with van der Waals surface area (Å²) in [5.41, 5.74) is 2.49. The largest absolute Gasteiger partial charge is 0.370 e. The Bertz CT molecular complexity index is 462. The predicted octanol–water partition coefficient (Wildman–Crippen LogP) is 3.42. The van der Waals surface area contributed by atoms with Crippen LogP contribution < -0.4 is 10.2 Å². The molecule has 1 saturated carbocycles. The summed E-state index contributed by atoms with van der Waals surface area (Å²) in [6.07, 6.45) is 1.72. The fourth-order valence-electron chi connectivity index (χ4n) is 3.46. The minimum Gasteiger partial charge on any atom is -0.370 e. The van der Waals surface area contributed by atoms with Gasteiger partial charge in [-0.15, -0.1) is 0 Å². The van der Waals surface area contributed by atoms with Crippen LogP contribution in [0, 0.1) is 5.92 Å². The first-order valence-electron chi connectivity index (χ1n) is 7.55. The molecule has 0 amide bonds. The van der Waals surface area contributed by atoms with Gasteiger partial charge in [0, 0.05) is 44.7 Å². The van der Waals surface area contributed by atoms with Crippen molar-refractivity contribution < 1.29 is 8.78 Å². The van der Waals surface area contributed by atoms with Crippen molar-refractivity contribution in [3.63, 3.8) is 0 Å². The number of anilines is 1. The molecule has 20 heavy (non-hydrogen) atoms. The normalized spacial score (nSPS) is 25.9. The predicted molar refractivity (Wildman–Crippen MR) is 77.3 cm³/mol. The molecule has 3 rings (SSSR count). The molecule has 1 atom stereocenters. The number of halogens is 2. The summed E-state index contributed by atoms with van der Waals surface area (Å²) in [4.78, 5) is 2.29. The van der Waals surface area contributed by atoms with Crippen LogP contribution in [0.5, 0.6) is 0 Å². The van der Waals surface area contributed by atoms with E-state index in [4.69, 9.17) is 0 Å². The molecule has 1 aliphatic carbocycles. The zero-order valence-corrected chi connectivity index (χ0v) is 11.7. The lowest BCUT2D eigenvalue weighted by molar-refractivity contribution is -0.0510. The first-order valence-corrected chi connectivity index (χ1v) is 7.55. The second-order valence-corrected chi connectivity index (χ2v) is 6.07. The lowest BCUT2D eigenvalue weighted by Gasteiger charge is -2.34. The van der Waals surface area contributed by atoms with Gasteiger partial charge in [-0.1, -0.05) is 18.2 Å². The monoisotopic (exact) mass is 280 g/mol. The van der Waals surface area contributed by atoms with Gasteiger partial charge in [0.25, 0.3) is 0 Å². The van der Waals surface area contributed by atoms with E-state index < -0.39 is 5.92 Å². The summed E-state index contributed by atoms with van der Waals surface area (Å²) >= 11 is 0. The third-order valence-corrected chi connectivity index (χ3v) is 4.43. The number of hydrogen-bond acceptors (Lipinski definition) is 2. The number of fused-ring (bicyclic) bond motifs is 1. The van der Waals surface area contributed by atoms with Crippen molar-refractivity contribution in [1.29, 1.82) is 0 Å². The quantitative estimate of drug-likeness (QED) is 0.893. The van der Waals surface area contributed by atoms with Gasteiger partial charge >= 0.3 is 0 Å². The SMILES string of the molecule is FC1(F)CCCC(CN2CCNCc3ccccc32)C1. The van der Waals surface area contributed by atoms with E-state index in [1.807, 2.05) is 12.1 Å². The maximum absolute atomic E-state index is 13.6. The minimum absolute atomic E-state index is 0.0547. The zero-order chi connectivity index (χ0) is 14.0. The molecule has 2 aliphatic rings. The van der Waals surface area contributed by atoms with Crippen molar-refractivity contribution in [2.45, 2.75) is 38.2 Å². The van der Waals surface area contributed by atoms with Crippen LogP contribution in [0.2, 0.25) is 0 Å². The highest BCUT2D eigenvalue weighted by Gasteiger charge is 2.36. The summed E-state index contributed by atoms with van der Waals surface area (Å²) in [7, 11) is 0. The van der Waals surface area contributed by atoms with Crippen molar-refractivity contribution in [3.05, 3.63) is 29.8 Å². The molecule has 0 spiro atoms. The van der Waals surface area contributed by atoms with Crippen molar-refractivity contribution in [2.24, 2.45) is 5.92 Å². The Hall–Kier alpha value is -1.16. The third kappa shape index (κ3) is 3.11. The summed E-state index contributed by atoms with van der Waals surface area (Å²) in [6, 6.07) is 8.31. The molecule has 1 unspecified atom stereocenters. The molecule has 0 radical (unpaired) electrons. The van der Waals surface area contributed by atoms with Crippen molar-refractivity contribution in [1.82, 2.24) is 5.32 Å². The van der Waals surface area contributed by atoms with E-state index in [-0.39, 0.29) is 18.8 Å². The molecule has 2 nitrogen and oxygen atoms in total. The molecule has 1 heterocycles. The van der Waals surface area contributed by atoms with Crippen LogP contribution in [0.25, 0.3) is 0 Å². The lowest BCUT2D eigenvalue weighted by Crippen LogP contribution is -2.37. The fourth-order valence-corrected chi connectivity index (χ4v) is 3.46. The summed E-state index contributed by atoms with van der Waals surface area (Å²) in [5, 5.41) is 3.40. The van der Waals surface area contributed by atoms with Crippen LogP contribution in [0.4, 0.5) is 14.5 Å². The van der Waals surface area contributed by atoms with E-state index >= 15 is 0 Å². The van der Waals surface area contributed by atoms with Crippen LogP contribution in [0.15, 0.2) is 24.3 Å². The Morgan fingerprint density at radius 2 is 2.15 bits per heavy atom. The number of nitrogens with one attached hydrogen (secondary N) is 1. The van der Waals surface area contributed by atoms with Crippen LogP contribution in [-0.4, -0.2) is 25.6 Å². The topological polar surface area (TPSA) is 15.3 Å². The summed E-state index contributed by atoms with van der Waals surface area (Å²) < 4.78 is 27.1. The van der Waals surface area contributed by atoms with Gasteiger partial charge in [0.15, 0.2) is 0 Å². The van der Waals surface area contributed by atoms with Crippen molar-refractivity contribution >= 4 is 5.69 Å². The van der Waals surface area contributed by atoms with Crippen LogP contribution >= 0.6 is 0 Å². The molecule has 1 aromatic carbocycles. The Morgan fingerprint density at radius 1 is 1.30 bits per heavy atom. The van der Waals surface area contributed by atoms with E-state index in [0.29, 0.717) is 6.42 Å². The number of para-hydroxylation sites is 1. The molecule has 110 valence electrons. The van der Waals surface area contributed by atoms with E-state index in [0.717, 1.165) is 32.6 Å². The van der Waals surface area contributed by atoms with Gasteiger partial charge in [-0.3, -0.25) is 0 Å². The highest BCUT2D eigenvalue weighted by molar-refractivity contribution is 5.54. The number of hydrogen-bond donors (Lipinski definition) is 1. The first kappa shape index (κ1) is 13.8. The average Bonchev–Trinajstić information content (AvgIpc) is 2.61. The second-order valence-electron chi connectivity index (χ2n) is 6.07. The Morgan fingerprint density at radius 3 is 3.00 bits per heavy atom. The van der Waals surface area contributed by atoms with E-state index in [1.165, 1.54) is 11.3 Å². The maximum Gasteiger partial charge on any atom is 0.248 e. The van der Waals surface area contributed by atoms with Gasteiger partial charge in [0.05, 0.1) is 0 Å². The Balaban J connectivity index is 1.73. The molecule has 4 heteroatoms. The highest BCUT2D eigenvalue weighted by atomic mass is 19.3. The van der Waals surface area contributed by atoms with Gasteiger partial charge in [0.2, 0.25) is 5.92 Å². The van der Waals surface area contributed by atoms with Gasteiger partial charge in [-0.05, 0) is 30.4 Å². The maximum atomic E-state index is 13.6. The van der Waals surface area contributed by atoms with Crippen molar-refractivity contribution in [2.75, 3.05) is 24.5 Å². The zero-order valence-electron chi connectivity index (χ0n) is 11.7. The third-order valence-electron chi connectivity index (χ3n) is 4.43. The van der Waals surface area contributed by atoms with Gasteiger partial charge < -0.3 is 10.2 Å². The lowest BCUT2D eigenvalue weighted by atomic mass is 9.86. The molecular formula is C16H22F2N2. The molecule has 1 fully saturated rings.